The molecule has 2 aliphatic heterocycles. The van der Waals surface area contributed by atoms with Gasteiger partial charge in [-0.3, -0.25) is 0 Å². The predicted octanol–water partition coefficient (Wildman–Crippen LogP) is 5.41. The van der Waals surface area contributed by atoms with E-state index in [1.54, 1.807) is 11.3 Å². The van der Waals surface area contributed by atoms with Crippen molar-refractivity contribution in [3.63, 3.8) is 0 Å². The van der Waals surface area contributed by atoms with Crippen molar-refractivity contribution in [1.29, 1.82) is 0 Å². The van der Waals surface area contributed by atoms with Gasteiger partial charge in [-0.05, 0) is 56.0 Å². The van der Waals surface area contributed by atoms with E-state index >= 15 is 0 Å². The number of aromatic nitrogens is 2. The third kappa shape index (κ3) is 3.26. The molecule has 1 aromatic carbocycles. The molecule has 2 aliphatic rings. The summed E-state index contributed by atoms with van der Waals surface area (Å²) in [6.45, 7) is 6.45. The molecule has 5 rings (SSSR count). The monoisotopic (exact) mass is 394 g/mol. The first kappa shape index (κ1) is 17.6. The number of nitrogens with zero attached hydrogens (tertiary/aromatic N) is 4. The van der Waals surface area contributed by atoms with Crippen LogP contribution in [0.1, 0.15) is 25.7 Å². The third-order valence-corrected chi connectivity index (χ3v) is 6.68. The van der Waals surface area contributed by atoms with Gasteiger partial charge in [-0.15, -0.1) is 11.3 Å². The van der Waals surface area contributed by atoms with Gasteiger partial charge in [0.25, 0.3) is 0 Å². The molecule has 0 bridgehead atoms. The standard InChI is InChI=1S/C22H23FN4S/c1-15-4-2-3-10-27(15)18-6-7-19-20(12-18)28-22(25-19)16-5-8-21(24-13-16)26-11-9-17(23)14-26/h5-8,12-13,17H,1-4,9-11,14H2. The highest BCUT2D eigenvalue weighted by Crippen LogP contribution is 2.35. The van der Waals surface area contributed by atoms with E-state index in [-0.39, 0.29) is 0 Å². The number of anilines is 2. The Bertz CT molecular complexity index is 1010. The van der Waals surface area contributed by atoms with Gasteiger partial charge in [0.15, 0.2) is 0 Å². The minimum absolute atomic E-state index is 0.443. The first-order valence-electron chi connectivity index (χ1n) is 9.89. The number of pyridine rings is 1. The first-order valence-corrected chi connectivity index (χ1v) is 10.7. The van der Waals surface area contributed by atoms with Crippen LogP contribution in [-0.2, 0) is 0 Å². The van der Waals surface area contributed by atoms with Crippen LogP contribution >= 0.6 is 11.3 Å². The van der Waals surface area contributed by atoms with E-state index in [1.165, 1.54) is 28.9 Å². The van der Waals surface area contributed by atoms with Gasteiger partial charge in [0.2, 0.25) is 0 Å². The third-order valence-electron chi connectivity index (χ3n) is 5.61. The van der Waals surface area contributed by atoms with Gasteiger partial charge in [-0.2, -0.15) is 0 Å². The summed E-state index contributed by atoms with van der Waals surface area (Å²) in [6.07, 6.45) is 5.22. The fraction of sp³-hybridized carbons (Fsp3) is 0.364. The molecule has 2 saturated heterocycles. The van der Waals surface area contributed by atoms with Crippen molar-refractivity contribution in [2.24, 2.45) is 0 Å². The molecule has 2 aromatic heterocycles. The molecule has 1 unspecified atom stereocenters. The topological polar surface area (TPSA) is 32.3 Å². The number of fused-ring (bicyclic) bond motifs is 1. The second-order valence-corrected chi connectivity index (χ2v) is 8.61. The van der Waals surface area contributed by atoms with Crippen molar-refractivity contribution >= 4 is 33.1 Å². The van der Waals surface area contributed by atoms with Crippen LogP contribution in [0.25, 0.3) is 20.8 Å². The molecule has 4 nitrogen and oxygen atoms in total. The summed E-state index contributed by atoms with van der Waals surface area (Å²) in [7, 11) is 0. The Morgan fingerprint density at radius 3 is 2.82 bits per heavy atom. The number of benzene rings is 1. The number of piperidine rings is 1. The number of allylic oxidation sites excluding steroid dienone is 1. The summed E-state index contributed by atoms with van der Waals surface area (Å²) in [5.74, 6) is 0.843. The van der Waals surface area contributed by atoms with E-state index < -0.39 is 6.17 Å². The molecular weight excluding hydrogens is 371 g/mol. The molecule has 4 heterocycles. The van der Waals surface area contributed by atoms with Crippen molar-refractivity contribution in [3.8, 4) is 10.6 Å². The average Bonchev–Trinajstić information content (AvgIpc) is 3.34. The maximum atomic E-state index is 13.4. The highest BCUT2D eigenvalue weighted by atomic mass is 32.1. The second-order valence-electron chi connectivity index (χ2n) is 7.58. The zero-order valence-electron chi connectivity index (χ0n) is 15.8. The molecule has 144 valence electrons. The molecule has 0 amide bonds. The van der Waals surface area contributed by atoms with E-state index in [9.17, 15) is 4.39 Å². The van der Waals surface area contributed by atoms with Crippen LogP contribution in [0, 0.1) is 0 Å². The lowest BCUT2D eigenvalue weighted by Gasteiger charge is -2.30. The molecule has 28 heavy (non-hydrogen) atoms. The summed E-state index contributed by atoms with van der Waals surface area (Å²) in [4.78, 5) is 13.7. The smallest absolute Gasteiger partial charge is 0.128 e. The van der Waals surface area contributed by atoms with Gasteiger partial charge in [0, 0.05) is 36.2 Å². The summed E-state index contributed by atoms with van der Waals surface area (Å²) < 4.78 is 14.6. The van der Waals surface area contributed by atoms with Gasteiger partial charge in [-0.1, -0.05) is 6.58 Å². The van der Waals surface area contributed by atoms with Crippen molar-refractivity contribution < 1.29 is 4.39 Å². The Balaban J connectivity index is 1.41. The Morgan fingerprint density at radius 1 is 1.14 bits per heavy atom. The summed E-state index contributed by atoms with van der Waals surface area (Å²) in [5, 5.41) is 0.966. The lowest BCUT2D eigenvalue weighted by Crippen LogP contribution is -2.26. The number of hydrogen-bond donors (Lipinski definition) is 0. The summed E-state index contributed by atoms with van der Waals surface area (Å²) >= 11 is 1.69. The van der Waals surface area contributed by atoms with Crippen molar-refractivity contribution in [1.82, 2.24) is 9.97 Å². The fourth-order valence-corrected chi connectivity index (χ4v) is 5.02. The molecule has 0 radical (unpaired) electrons. The maximum absolute atomic E-state index is 13.4. The minimum Gasteiger partial charge on any atom is -0.354 e. The number of halogens is 1. The van der Waals surface area contributed by atoms with Gasteiger partial charge in [0.05, 0.1) is 16.8 Å². The van der Waals surface area contributed by atoms with Crippen LogP contribution in [0.4, 0.5) is 15.9 Å². The number of thiazole rings is 1. The highest BCUT2D eigenvalue weighted by molar-refractivity contribution is 7.21. The lowest BCUT2D eigenvalue weighted by molar-refractivity contribution is 0.364. The first-order chi connectivity index (χ1) is 13.7. The highest BCUT2D eigenvalue weighted by Gasteiger charge is 2.23. The molecule has 0 saturated carbocycles. The van der Waals surface area contributed by atoms with E-state index in [0.29, 0.717) is 13.0 Å². The van der Waals surface area contributed by atoms with Crippen molar-refractivity contribution in [2.45, 2.75) is 31.9 Å². The van der Waals surface area contributed by atoms with E-state index in [1.807, 2.05) is 23.2 Å². The Kier molecular flexibility index (Phi) is 4.51. The molecule has 0 spiro atoms. The molecule has 0 N–H and O–H groups in total. The van der Waals surface area contributed by atoms with Crippen LogP contribution in [0.5, 0.6) is 0 Å². The van der Waals surface area contributed by atoms with Crippen molar-refractivity contribution in [3.05, 3.63) is 48.8 Å². The number of hydrogen-bond acceptors (Lipinski definition) is 5. The van der Waals surface area contributed by atoms with Gasteiger partial charge >= 0.3 is 0 Å². The van der Waals surface area contributed by atoms with Crippen LogP contribution in [0.3, 0.4) is 0 Å². The maximum Gasteiger partial charge on any atom is 0.128 e. The van der Waals surface area contributed by atoms with E-state index in [0.717, 1.165) is 41.4 Å². The molecule has 2 fully saturated rings. The second kappa shape index (κ2) is 7.17. The van der Waals surface area contributed by atoms with E-state index in [4.69, 9.17) is 4.98 Å². The van der Waals surface area contributed by atoms with Crippen LogP contribution in [0.2, 0.25) is 0 Å². The largest absolute Gasteiger partial charge is 0.354 e. The summed E-state index contributed by atoms with van der Waals surface area (Å²) in [6, 6.07) is 10.5. The molecular formula is C22H23FN4S. The molecule has 3 aromatic rings. The van der Waals surface area contributed by atoms with Gasteiger partial charge in [0.1, 0.15) is 17.0 Å². The van der Waals surface area contributed by atoms with Gasteiger partial charge < -0.3 is 9.80 Å². The fourth-order valence-electron chi connectivity index (χ4n) is 4.03. The zero-order valence-corrected chi connectivity index (χ0v) is 16.6. The van der Waals surface area contributed by atoms with Crippen LogP contribution in [0.15, 0.2) is 48.8 Å². The Labute approximate surface area is 168 Å². The quantitative estimate of drug-likeness (QED) is 0.594. The summed E-state index contributed by atoms with van der Waals surface area (Å²) in [5.41, 5.74) is 4.42. The van der Waals surface area contributed by atoms with Crippen LogP contribution < -0.4 is 9.80 Å². The molecule has 0 aliphatic carbocycles. The zero-order chi connectivity index (χ0) is 19.1. The van der Waals surface area contributed by atoms with Gasteiger partial charge in [-0.25, -0.2) is 14.4 Å². The van der Waals surface area contributed by atoms with E-state index in [2.05, 4.69) is 34.7 Å². The lowest BCUT2D eigenvalue weighted by atomic mass is 10.1. The SMILES string of the molecule is C=C1CCCCN1c1ccc2nc(-c3ccc(N4CCC(F)C4)nc3)sc2c1. The average molecular weight is 395 g/mol. The number of rotatable bonds is 3. The minimum atomic E-state index is -0.740. The van der Waals surface area contributed by atoms with Crippen LogP contribution in [-0.4, -0.2) is 35.8 Å². The predicted molar refractivity (Wildman–Crippen MR) is 115 cm³/mol. The molecule has 1 atom stereocenters. The Morgan fingerprint density at radius 2 is 2.07 bits per heavy atom. The normalized spacial score (nSPS) is 20.3. The van der Waals surface area contributed by atoms with Crippen molar-refractivity contribution in [2.75, 3.05) is 29.4 Å². The molecule has 6 heteroatoms. The Hall–Kier alpha value is -2.47. The number of alkyl halides is 1.